The second kappa shape index (κ2) is 8.94. The summed E-state index contributed by atoms with van der Waals surface area (Å²) >= 11 is 0. The van der Waals surface area contributed by atoms with Crippen LogP contribution in [-0.4, -0.2) is 41.5 Å². The Hall–Kier alpha value is -1.08. The summed E-state index contributed by atoms with van der Waals surface area (Å²) < 4.78 is 0. The van der Waals surface area contributed by atoms with Gasteiger partial charge in [0.1, 0.15) is 0 Å². The van der Waals surface area contributed by atoms with E-state index in [1.165, 1.54) is 0 Å². The van der Waals surface area contributed by atoms with Crippen LogP contribution in [0.5, 0.6) is 0 Å². The number of nitrogens with one attached hydrogen (secondary N) is 2. The van der Waals surface area contributed by atoms with E-state index >= 15 is 0 Å². The van der Waals surface area contributed by atoms with Crippen molar-refractivity contribution in [1.82, 2.24) is 10.6 Å². The van der Waals surface area contributed by atoms with Crippen LogP contribution in [0.3, 0.4) is 0 Å². The van der Waals surface area contributed by atoms with Gasteiger partial charge in [0.05, 0.1) is 12.5 Å². The zero-order valence-electron chi connectivity index (χ0n) is 11.3. The van der Waals surface area contributed by atoms with Gasteiger partial charge in [-0.3, -0.25) is 9.59 Å². The molecule has 0 fully saturated rings. The van der Waals surface area contributed by atoms with E-state index in [2.05, 4.69) is 10.6 Å². The van der Waals surface area contributed by atoms with Crippen LogP contribution in [0.1, 0.15) is 40.0 Å². The molecule has 2 amide bonds. The van der Waals surface area contributed by atoms with Crippen LogP contribution in [0.25, 0.3) is 0 Å². The van der Waals surface area contributed by atoms with Gasteiger partial charge in [-0.1, -0.05) is 20.8 Å². The second-order valence-electron chi connectivity index (χ2n) is 4.74. The molecule has 0 radical (unpaired) electrons. The monoisotopic (exact) mass is 258 g/mol. The van der Waals surface area contributed by atoms with Crippen molar-refractivity contribution in [1.29, 1.82) is 0 Å². The molecule has 0 bridgehead atoms. The van der Waals surface area contributed by atoms with E-state index in [0.29, 0.717) is 12.8 Å². The molecule has 104 valence electrons. The second-order valence-corrected chi connectivity index (χ2v) is 4.74. The Morgan fingerprint density at radius 1 is 1.22 bits per heavy atom. The third kappa shape index (κ3) is 8.08. The fourth-order valence-corrected chi connectivity index (χ4v) is 1.52. The van der Waals surface area contributed by atoms with Gasteiger partial charge in [0.2, 0.25) is 11.8 Å². The Labute approximate surface area is 108 Å². The Morgan fingerprint density at radius 2 is 1.83 bits per heavy atom. The quantitative estimate of drug-likeness (QED) is 0.439. The van der Waals surface area contributed by atoms with Crippen LogP contribution < -0.4 is 10.6 Å². The minimum atomic E-state index is -1.59. The molecule has 0 aromatic carbocycles. The first kappa shape index (κ1) is 16.9. The molecule has 1 atom stereocenters. The van der Waals surface area contributed by atoms with Gasteiger partial charge in [-0.15, -0.1) is 0 Å². The Bertz CT molecular complexity index is 272. The lowest BCUT2D eigenvalue weighted by Crippen LogP contribution is -2.50. The largest absolute Gasteiger partial charge is 0.475 e. The van der Waals surface area contributed by atoms with Gasteiger partial charge in [0.15, 0.2) is 0 Å². The van der Waals surface area contributed by atoms with E-state index in [0.717, 1.165) is 6.42 Å². The lowest BCUT2D eigenvalue weighted by molar-refractivity contribution is -0.126. The van der Waals surface area contributed by atoms with E-state index in [4.69, 9.17) is 10.0 Å². The van der Waals surface area contributed by atoms with Crippen molar-refractivity contribution < 1.29 is 19.6 Å². The minimum absolute atomic E-state index is 0.139. The maximum atomic E-state index is 11.5. The standard InChI is InChI=1S/C11H23BN2O4/c1-4-5-10(15)13-7-11(16)14-9(12(17)18)6-8(2)3/h8-9,17-18H,4-7H2,1-3H3,(H,13,15)(H,14,16)/t9-/m0/s1. The van der Waals surface area contributed by atoms with Crippen molar-refractivity contribution in [3.8, 4) is 0 Å². The first-order valence-electron chi connectivity index (χ1n) is 6.29. The van der Waals surface area contributed by atoms with Crippen molar-refractivity contribution >= 4 is 18.9 Å². The maximum Gasteiger partial charge on any atom is 0.475 e. The number of hydrogen-bond donors (Lipinski definition) is 4. The molecular formula is C11H23BN2O4. The molecule has 0 aromatic heterocycles. The summed E-state index contributed by atoms with van der Waals surface area (Å²) in [6.07, 6.45) is 1.57. The summed E-state index contributed by atoms with van der Waals surface area (Å²) in [5, 5.41) is 23.2. The third-order valence-electron chi connectivity index (χ3n) is 2.35. The molecule has 18 heavy (non-hydrogen) atoms. The van der Waals surface area contributed by atoms with Crippen LogP contribution >= 0.6 is 0 Å². The van der Waals surface area contributed by atoms with Gasteiger partial charge in [0, 0.05) is 6.42 Å². The molecule has 0 rings (SSSR count). The van der Waals surface area contributed by atoms with E-state index in [9.17, 15) is 9.59 Å². The zero-order chi connectivity index (χ0) is 14.1. The van der Waals surface area contributed by atoms with E-state index < -0.39 is 19.0 Å². The lowest BCUT2D eigenvalue weighted by atomic mass is 9.75. The summed E-state index contributed by atoms with van der Waals surface area (Å²) in [5.41, 5.74) is 0. The minimum Gasteiger partial charge on any atom is -0.426 e. The molecule has 0 unspecified atom stereocenters. The highest BCUT2D eigenvalue weighted by atomic mass is 16.4. The molecule has 0 heterocycles. The molecule has 0 aliphatic rings. The molecule has 0 aromatic rings. The average molecular weight is 258 g/mol. The predicted molar refractivity (Wildman–Crippen MR) is 69.5 cm³/mol. The number of rotatable bonds is 8. The van der Waals surface area contributed by atoms with Crippen LogP contribution in [0.2, 0.25) is 0 Å². The molecule has 0 aliphatic heterocycles. The molecule has 7 heteroatoms. The highest BCUT2D eigenvalue weighted by molar-refractivity contribution is 6.43. The Kier molecular flexibility index (Phi) is 8.40. The normalized spacial score (nSPS) is 12.1. The first-order valence-corrected chi connectivity index (χ1v) is 6.29. The number of hydrogen-bond acceptors (Lipinski definition) is 4. The number of amides is 2. The zero-order valence-corrected chi connectivity index (χ0v) is 11.3. The summed E-state index contributed by atoms with van der Waals surface area (Å²) in [7, 11) is -1.59. The summed E-state index contributed by atoms with van der Waals surface area (Å²) in [4.78, 5) is 22.7. The van der Waals surface area contributed by atoms with Crippen molar-refractivity contribution in [2.45, 2.75) is 46.0 Å². The maximum absolute atomic E-state index is 11.5. The molecule has 6 nitrogen and oxygen atoms in total. The highest BCUT2D eigenvalue weighted by Crippen LogP contribution is 2.05. The summed E-state index contributed by atoms with van der Waals surface area (Å²) in [6.45, 7) is 5.58. The van der Waals surface area contributed by atoms with Gasteiger partial charge in [-0.05, 0) is 18.8 Å². The smallest absolute Gasteiger partial charge is 0.426 e. The molecule has 0 aliphatic carbocycles. The number of carbonyl (C=O) groups excluding carboxylic acids is 2. The molecular weight excluding hydrogens is 235 g/mol. The van der Waals surface area contributed by atoms with Crippen LogP contribution in [0.4, 0.5) is 0 Å². The molecule has 0 spiro atoms. The summed E-state index contributed by atoms with van der Waals surface area (Å²) in [6, 6.07) is 0. The Balaban J connectivity index is 4.06. The SMILES string of the molecule is CCCC(=O)NCC(=O)N[C@@H](CC(C)C)B(O)O. The van der Waals surface area contributed by atoms with Crippen LogP contribution in [0.15, 0.2) is 0 Å². The lowest BCUT2D eigenvalue weighted by Gasteiger charge is -2.19. The molecule has 0 saturated carbocycles. The topological polar surface area (TPSA) is 98.7 Å². The van der Waals surface area contributed by atoms with Crippen molar-refractivity contribution in [2.75, 3.05) is 6.54 Å². The number of carbonyl (C=O) groups is 2. The van der Waals surface area contributed by atoms with E-state index in [1.807, 2.05) is 20.8 Å². The molecule has 4 N–H and O–H groups in total. The Morgan fingerprint density at radius 3 is 2.28 bits per heavy atom. The predicted octanol–water partition coefficient (Wildman–Crippen LogP) is -0.554. The van der Waals surface area contributed by atoms with Gasteiger partial charge >= 0.3 is 7.12 Å². The third-order valence-corrected chi connectivity index (χ3v) is 2.35. The van der Waals surface area contributed by atoms with E-state index in [-0.39, 0.29) is 18.4 Å². The van der Waals surface area contributed by atoms with Gasteiger partial charge < -0.3 is 20.7 Å². The average Bonchev–Trinajstić information content (AvgIpc) is 2.25. The first-order chi connectivity index (χ1) is 8.36. The van der Waals surface area contributed by atoms with Crippen molar-refractivity contribution in [2.24, 2.45) is 5.92 Å². The summed E-state index contributed by atoms with van der Waals surface area (Å²) in [5.74, 6) is -1.08. The highest BCUT2D eigenvalue weighted by Gasteiger charge is 2.25. The fourth-order valence-electron chi connectivity index (χ4n) is 1.52. The van der Waals surface area contributed by atoms with Gasteiger partial charge in [0.25, 0.3) is 0 Å². The van der Waals surface area contributed by atoms with Crippen molar-refractivity contribution in [3.63, 3.8) is 0 Å². The van der Waals surface area contributed by atoms with Gasteiger partial charge in [-0.25, -0.2) is 0 Å². The van der Waals surface area contributed by atoms with E-state index in [1.54, 1.807) is 0 Å². The fraction of sp³-hybridized carbons (Fsp3) is 0.818. The van der Waals surface area contributed by atoms with Crippen molar-refractivity contribution in [3.05, 3.63) is 0 Å². The van der Waals surface area contributed by atoms with Crippen LogP contribution in [0, 0.1) is 5.92 Å². The van der Waals surface area contributed by atoms with Crippen LogP contribution in [-0.2, 0) is 9.59 Å². The molecule has 0 saturated heterocycles. The van der Waals surface area contributed by atoms with Gasteiger partial charge in [-0.2, -0.15) is 0 Å².